The van der Waals surface area contributed by atoms with Crippen molar-refractivity contribution >= 4 is 45.4 Å². The van der Waals surface area contributed by atoms with Crippen LogP contribution in [0.3, 0.4) is 0 Å². The molecule has 0 saturated carbocycles. The highest BCUT2D eigenvalue weighted by molar-refractivity contribution is 7.15. The van der Waals surface area contributed by atoms with Crippen LogP contribution in [0.4, 0.5) is 10.7 Å². The van der Waals surface area contributed by atoms with Gasteiger partial charge in [0.05, 0.1) is 10.6 Å². The fourth-order valence-corrected chi connectivity index (χ4v) is 2.77. The zero-order valence-corrected chi connectivity index (χ0v) is 12.3. The second kappa shape index (κ2) is 6.54. The van der Waals surface area contributed by atoms with Crippen LogP contribution in [-0.2, 0) is 4.79 Å². The quantitative estimate of drug-likeness (QED) is 0.897. The Balaban J connectivity index is 2.21. The fraction of sp³-hybridized carbons (Fsp3) is 0.143. The van der Waals surface area contributed by atoms with Gasteiger partial charge in [0.15, 0.2) is 0 Å². The van der Waals surface area contributed by atoms with Gasteiger partial charge in [0, 0.05) is 17.5 Å². The van der Waals surface area contributed by atoms with Gasteiger partial charge >= 0.3 is 0 Å². The minimum absolute atomic E-state index is 0.155. The number of thiophene rings is 1. The number of carbonyl (C=O) groups is 2. The van der Waals surface area contributed by atoms with E-state index in [1.165, 1.54) is 11.3 Å². The van der Waals surface area contributed by atoms with Crippen LogP contribution in [0.15, 0.2) is 35.7 Å². The molecule has 1 aromatic heterocycles. The smallest absolute Gasteiger partial charge is 0.260 e. The summed E-state index contributed by atoms with van der Waals surface area (Å²) in [5.41, 5.74) is 0.967. The van der Waals surface area contributed by atoms with Crippen molar-refractivity contribution in [1.29, 1.82) is 0 Å². The fourth-order valence-electron chi connectivity index (χ4n) is 1.57. The Morgan fingerprint density at radius 1 is 1.20 bits per heavy atom. The summed E-state index contributed by atoms with van der Waals surface area (Å²) in [4.78, 5) is 23.7. The SMILES string of the molecule is CCC(=O)Nc1scc(Cl)c1C(=O)Nc1ccccc1. The van der Waals surface area contributed by atoms with Gasteiger partial charge in [-0.1, -0.05) is 36.7 Å². The molecule has 6 heteroatoms. The summed E-state index contributed by atoms with van der Waals surface area (Å²) in [5, 5.41) is 7.86. The molecule has 2 rings (SSSR count). The van der Waals surface area contributed by atoms with E-state index in [4.69, 9.17) is 11.6 Å². The van der Waals surface area contributed by atoms with E-state index < -0.39 is 0 Å². The minimum Gasteiger partial charge on any atom is -0.322 e. The highest BCUT2D eigenvalue weighted by Crippen LogP contribution is 2.32. The average Bonchev–Trinajstić information content (AvgIpc) is 2.80. The zero-order valence-electron chi connectivity index (χ0n) is 10.8. The van der Waals surface area contributed by atoms with Crippen molar-refractivity contribution in [1.82, 2.24) is 0 Å². The molecule has 0 bridgehead atoms. The van der Waals surface area contributed by atoms with E-state index in [9.17, 15) is 9.59 Å². The van der Waals surface area contributed by atoms with Crippen LogP contribution in [0.2, 0.25) is 5.02 Å². The molecule has 4 nitrogen and oxygen atoms in total. The topological polar surface area (TPSA) is 58.2 Å². The van der Waals surface area contributed by atoms with Crippen LogP contribution in [0.1, 0.15) is 23.7 Å². The molecule has 1 aromatic carbocycles. The summed E-state index contributed by atoms with van der Waals surface area (Å²) in [7, 11) is 0. The lowest BCUT2D eigenvalue weighted by molar-refractivity contribution is -0.115. The van der Waals surface area contributed by atoms with Gasteiger partial charge < -0.3 is 10.6 Å². The largest absolute Gasteiger partial charge is 0.322 e. The maximum atomic E-state index is 12.2. The Labute approximate surface area is 125 Å². The number of amides is 2. The lowest BCUT2D eigenvalue weighted by Gasteiger charge is -2.07. The number of halogens is 1. The number of benzene rings is 1. The molecule has 104 valence electrons. The van der Waals surface area contributed by atoms with Gasteiger partial charge in [0.2, 0.25) is 5.91 Å². The minimum atomic E-state index is -0.339. The number of hydrogen-bond donors (Lipinski definition) is 2. The van der Waals surface area contributed by atoms with Gasteiger partial charge in [0.25, 0.3) is 5.91 Å². The first kappa shape index (κ1) is 14.6. The van der Waals surface area contributed by atoms with Crippen LogP contribution in [0.5, 0.6) is 0 Å². The molecule has 20 heavy (non-hydrogen) atoms. The predicted molar refractivity (Wildman–Crippen MR) is 82.6 cm³/mol. The Kier molecular flexibility index (Phi) is 4.76. The summed E-state index contributed by atoms with van der Waals surface area (Å²) >= 11 is 7.27. The lowest BCUT2D eigenvalue weighted by atomic mass is 10.2. The maximum absolute atomic E-state index is 12.2. The highest BCUT2D eigenvalue weighted by atomic mass is 35.5. The third-order valence-corrected chi connectivity index (χ3v) is 3.90. The van der Waals surface area contributed by atoms with Gasteiger partial charge in [-0.2, -0.15) is 0 Å². The van der Waals surface area contributed by atoms with E-state index in [1.807, 2.05) is 18.2 Å². The Hall–Kier alpha value is -1.85. The molecule has 0 saturated heterocycles. The average molecular weight is 309 g/mol. The summed E-state index contributed by atoms with van der Waals surface area (Å²) in [6.45, 7) is 1.74. The van der Waals surface area contributed by atoms with Gasteiger partial charge in [-0.25, -0.2) is 0 Å². The third-order valence-electron chi connectivity index (χ3n) is 2.58. The molecular weight excluding hydrogens is 296 g/mol. The Morgan fingerprint density at radius 2 is 1.90 bits per heavy atom. The van der Waals surface area contributed by atoms with Gasteiger partial charge in [-0.15, -0.1) is 11.3 Å². The van der Waals surface area contributed by atoms with E-state index in [0.29, 0.717) is 27.7 Å². The Morgan fingerprint density at radius 3 is 2.55 bits per heavy atom. The second-order valence-electron chi connectivity index (χ2n) is 4.01. The summed E-state index contributed by atoms with van der Waals surface area (Å²) < 4.78 is 0. The van der Waals surface area contributed by atoms with Crippen molar-refractivity contribution in [2.75, 3.05) is 10.6 Å². The molecule has 2 N–H and O–H groups in total. The summed E-state index contributed by atoms with van der Waals surface area (Å²) in [6.07, 6.45) is 0.343. The van der Waals surface area contributed by atoms with E-state index in [0.717, 1.165) is 0 Å². The van der Waals surface area contributed by atoms with Crippen LogP contribution in [0, 0.1) is 0 Å². The molecule has 0 aliphatic rings. The van der Waals surface area contributed by atoms with Crippen molar-refractivity contribution < 1.29 is 9.59 Å². The van der Waals surface area contributed by atoms with Gasteiger partial charge in [0.1, 0.15) is 5.00 Å². The van der Waals surface area contributed by atoms with Crippen molar-refractivity contribution in [3.8, 4) is 0 Å². The number of nitrogens with one attached hydrogen (secondary N) is 2. The highest BCUT2D eigenvalue weighted by Gasteiger charge is 2.19. The van der Waals surface area contributed by atoms with Gasteiger partial charge in [-0.3, -0.25) is 9.59 Å². The van der Waals surface area contributed by atoms with Crippen molar-refractivity contribution in [2.45, 2.75) is 13.3 Å². The molecule has 0 aliphatic heterocycles. The molecule has 0 radical (unpaired) electrons. The normalized spacial score (nSPS) is 10.1. The van der Waals surface area contributed by atoms with Crippen LogP contribution < -0.4 is 10.6 Å². The lowest BCUT2D eigenvalue weighted by Crippen LogP contribution is -2.16. The number of rotatable bonds is 4. The van der Waals surface area contributed by atoms with Crippen LogP contribution in [0.25, 0.3) is 0 Å². The molecule has 0 unspecified atom stereocenters. The molecule has 2 amide bonds. The summed E-state index contributed by atoms with van der Waals surface area (Å²) in [5.74, 6) is -0.494. The number of carbonyl (C=O) groups excluding carboxylic acids is 2. The monoisotopic (exact) mass is 308 g/mol. The van der Waals surface area contributed by atoms with E-state index in [2.05, 4.69) is 10.6 Å². The van der Waals surface area contributed by atoms with Crippen LogP contribution >= 0.6 is 22.9 Å². The predicted octanol–water partition coefficient (Wildman–Crippen LogP) is 4.00. The third kappa shape index (κ3) is 3.37. The first-order valence-electron chi connectivity index (χ1n) is 6.05. The first-order chi connectivity index (χ1) is 9.61. The van der Waals surface area contributed by atoms with Gasteiger partial charge in [-0.05, 0) is 12.1 Å². The molecule has 2 aromatic rings. The molecule has 0 fully saturated rings. The van der Waals surface area contributed by atoms with Crippen molar-refractivity contribution in [3.05, 3.63) is 46.3 Å². The molecule has 1 heterocycles. The Bertz CT molecular complexity index is 625. The first-order valence-corrected chi connectivity index (χ1v) is 7.30. The van der Waals surface area contributed by atoms with E-state index >= 15 is 0 Å². The molecule has 0 spiro atoms. The molecular formula is C14H13ClN2O2S. The van der Waals surface area contributed by atoms with Crippen molar-refractivity contribution in [2.24, 2.45) is 0 Å². The van der Waals surface area contributed by atoms with Crippen molar-refractivity contribution in [3.63, 3.8) is 0 Å². The number of para-hydroxylation sites is 1. The standard InChI is InChI=1S/C14H13ClN2O2S/c1-2-11(18)17-14-12(10(15)8-20-14)13(19)16-9-6-4-3-5-7-9/h3-8H,2H2,1H3,(H,16,19)(H,17,18). The van der Waals surface area contributed by atoms with E-state index in [1.54, 1.807) is 24.4 Å². The molecule has 0 atom stereocenters. The molecule has 0 aliphatic carbocycles. The summed E-state index contributed by atoms with van der Waals surface area (Å²) in [6, 6.07) is 9.07. The number of anilines is 2. The zero-order chi connectivity index (χ0) is 14.5. The maximum Gasteiger partial charge on any atom is 0.260 e. The number of hydrogen-bond acceptors (Lipinski definition) is 3. The van der Waals surface area contributed by atoms with E-state index in [-0.39, 0.29) is 11.8 Å². The van der Waals surface area contributed by atoms with Crippen LogP contribution in [-0.4, -0.2) is 11.8 Å². The second-order valence-corrected chi connectivity index (χ2v) is 5.30.